The maximum Gasteiger partial charge on any atom is 0.338 e. The Kier molecular flexibility index (Phi) is 7.97. The number of hydrogen-bond acceptors (Lipinski definition) is 9. The predicted octanol–water partition coefficient (Wildman–Crippen LogP) is 5.25. The smallest absolute Gasteiger partial charge is 0.338 e. The fraction of sp³-hybridized carbons (Fsp3) is 0.121. The average molecular weight is 626 g/mol. The van der Waals surface area contributed by atoms with Gasteiger partial charge in [0.05, 0.1) is 46.0 Å². The molecule has 0 aliphatic carbocycles. The second-order valence-electron chi connectivity index (χ2n) is 9.83. The lowest BCUT2D eigenvalue weighted by molar-refractivity contribution is -0.384. The Labute approximate surface area is 258 Å². The molecule has 0 bridgehead atoms. The van der Waals surface area contributed by atoms with Crippen molar-refractivity contribution in [2.45, 2.75) is 13.0 Å². The van der Waals surface area contributed by atoms with Crippen molar-refractivity contribution in [3.05, 3.63) is 143 Å². The van der Waals surface area contributed by atoms with Crippen LogP contribution in [0.15, 0.2) is 105 Å². The Balaban J connectivity index is 1.54. The van der Waals surface area contributed by atoms with E-state index in [0.717, 1.165) is 11.3 Å². The molecular formula is C33H24FN3O7S. The van der Waals surface area contributed by atoms with Gasteiger partial charge in [0.2, 0.25) is 0 Å². The number of hydrogen-bond donors (Lipinski definition) is 0. The number of methoxy groups -OCH3 is 1. The van der Waals surface area contributed by atoms with Gasteiger partial charge in [0.25, 0.3) is 11.2 Å². The molecule has 0 spiro atoms. The molecule has 1 aliphatic rings. The van der Waals surface area contributed by atoms with E-state index in [1.165, 1.54) is 60.2 Å². The number of carbonyl (C=O) groups is 1. The SMILES string of the molecule is CCOC(=O)C1=C(c2ccccc2)N=c2s/c(=C\c3ccc(-c4cc([N+](=O)[O-])ccc4OC)o3)c(=O)n2C1c1ccc(F)cc1. The number of nitrogens with zero attached hydrogens (tertiary/aromatic N) is 3. The number of benzene rings is 3. The van der Waals surface area contributed by atoms with Crippen LogP contribution >= 0.6 is 11.3 Å². The van der Waals surface area contributed by atoms with Gasteiger partial charge in [0.1, 0.15) is 23.1 Å². The van der Waals surface area contributed by atoms with Crippen LogP contribution in [0.2, 0.25) is 0 Å². The first-order valence-corrected chi connectivity index (χ1v) is 14.6. The van der Waals surface area contributed by atoms with E-state index in [9.17, 15) is 24.1 Å². The van der Waals surface area contributed by atoms with Gasteiger partial charge in [-0.1, -0.05) is 53.8 Å². The van der Waals surface area contributed by atoms with Gasteiger partial charge < -0.3 is 13.9 Å². The number of carbonyl (C=O) groups excluding carboxylic acids is 1. The van der Waals surface area contributed by atoms with E-state index in [4.69, 9.17) is 18.9 Å². The van der Waals surface area contributed by atoms with Crippen molar-refractivity contribution in [3.63, 3.8) is 0 Å². The number of esters is 1. The molecular weight excluding hydrogens is 601 g/mol. The van der Waals surface area contributed by atoms with Gasteiger partial charge in [-0.25, -0.2) is 14.2 Å². The normalized spacial score (nSPS) is 14.6. The number of aromatic nitrogens is 1. The van der Waals surface area contributed by atoms with Crippen LogP contribution in [0.25, 0.3) is 23.1 Å². The summed E-state index contributed by atoms with van der Waals surface area (Å²) in [6, 6.07) is 21.1. The maximum atomic E-state index is 14.0. The van der Waals surface area contributed by atoms with Gasteiger partial charge in [-0.3, -0.25) is 19.5 Å². The molecule has 1 aliphatic heterocycles. The highest BCUT2D eigenvalue weighted by Crippen LogP contribution is 2.36. The summed E-state index contributed by atoms with van der Waals surface area (Å²) in [6.07, 6.45) is 1.54. The van der Waals surface area contributed by atoms with Gasteiger partial charge in [-0.05, 0) is 42.8 Å². The molecule has 0 amide bonds. The molecule has 0 radical (unpaired) electrons. The Bertz CT molecular complexity index is 2150. The molecule has 1 atom stereocenters. The summed E-state index contributed by atoms with van der Waals surface area (Å²) in [4.78, 5) is 43.5. The van der Waals surface area contributed by atoms with E-state index < -0.39 is 28.3 Å². The van der Waals surface area contributed by atoms with Crippen LogP contribution in [-0.2, 0) is 9.53 Å². The second-order valence-corrected chi connectivity index (χ2v) is 10.8. The summed E-state index contributed by atoms with van der Waals surface area (Å²) in [5.41, 5.74) is 1.41. The lowest BCUT2D eigenvalue weighted by Gasteiger charge is -2.25. The molecule has 5 aromatic rings. The van der Waals surface area contributed by atoms with E-state index in [1.807, 2.05) is 18.2 Å². The third kappa shape index (κ3) is 5.58. The topological polar surface area (TPSA) is 126 Å². The van der Waals surface area contributed by atoms with Crippen LogP contribution in [0.1, 0.15) is 29.9 Å². The van der Waals surface area contributed by atoms with Crippen LogP contribution in [0.4, 0.5) is 10.1 Å². The number of non-ortho nitro benzene ring substituents is 1. The van der Waals surface area contributed by atoms with E-state index >= 15 is 0 Å². The second kappa shape index (κ2) is 12.2. The molecule has 0 N–H and O–H groups in total. The first-order chi connectivity index (χ1) is 21.8. The fourth-order valence-electron chi connectivity index (χ4n) is 5.11. The molecule has 10 nitrogen and oxygen atoms in total. The Morgan fingerprint density at radius 2 is 1.87 bits per heavy atom. The van der Waals surface area contributed by atoms with Gasteiger partial charge in [0.15, 0.2) is 4.80 Å². The number of nitro benzene ring substituents is 1. The lowest BCUT2D eigenvalue weighted by atomic mass is 9.93. The number of fused-ring (bicyclic) bond motifs is 1. The third-order valence-electron chi connectivity index (χ3n) is 7.12. The zero-order chi connectivity index (χ0) is 31.7. The van der Waals surface area contributed by atoms with Crippen LogP contribution < -0.4 is 19.6 Å². The number of ether oxygens (including phenoxy) is 2. The average Bonchev–Trinajstić information content (AvgIpc) is 3.64. The molecule has 3 heterocycles. The zero-order valence-electron chi connectivity index (χ0n) is 23.9. The van der Waals surface area contributed by atoms with Crippen molar-refractivity contribution >= 4 is 34.8 Å². The van der Waals surface area contributed by atoms with Crippen molar-refractivity contribution in [2.75, 3.05) is 13.7 Å². The Morgan fingerprint density at radius 3 is 2.56 bits per heavy atom. The Morgan fingerprint density at radius 1 is 1.11 bits per heavy atom. The van der Waals surface area contributed by atoms with Crippen LogP contribution in [0, 0.1) is 15.9 Å². The molecule has 226 valence electrons. The molecule has 6 rings (SSSR count). The van der Waals surface area contributed by atoms with Gasteiger partial charge in [-0.2, -0.15) is 0 Å². The first kappa shape index (κ1) is 29.5. The van der Waals surface area contributed by atoms with Crippen molar-refractivity contribution in [1.29, 1.82) is 0 Å². The summed E-state index contributed by atoms with van der Waals surface area (Å²) in [7, 11) is 1.45. The third-order valence-corrected chi connectivity index (χ3v) is 8.10. The molecule has 0 saturated carbocycles. The van der Waals surface area contributed by atoms with E-state index in [2.05, 4.69) is 0 Å². The highest BCUT2D eigenvalue weighted by molar-refractivity contribution is 7.07. The molecule has 2 aromatic heterocycles. The summed E-state index contributed by atoms with van der Waals surface area (Å²) in [5.74, 6) is -0.139. The van der Waals surface area contributed by atoms with Crippen LogP contribution in [0.5, 0.6) is 5.75 Å². The molecule has 0 fully saturated rings. The van der Waals surface area contributed by atoms with Gasteiger partial charge in [0, 0.05) is 23.8 Å². The number of rotatable bonds is 8. The lowest BCUT2D eigenvalue weighted by Crippen LogP contribution is -2.40. The predicted molar refractivity (Wildman–Crippen MR) is 165 cm³/mol. The Hall–Kier alpha value is -5.62. The summed E-state index contributed by atoms with van der Waals surface area (Å²) in [6.45, 7) is 1.78. The van der Waals surface area contributed by atoms with Crippen molar-refractivity contribution in [2.24, 2.45) is 4.99 Å². The minimum absolute atomic E-state index is 0.0984. The van der Waals surface area contributed by atoms with Gasteiger partial charge >= 0.3 is 5.97 Å². The van der Waals surface area contributed by atoms with E-state index in [1.54, 1.807) is 31.2 Å². The molecule has 45 heavy (non-hydrogen) atoms. The van der Waals surface area contributed by atoms with E-state index in [-0.39, 0.29) is 22.4 Å². The van der Waals surface area contributed by atoms with Crippen molar-refractivity contribution < 1.29 is 28.0 Å². The minimum Gasteiger partial charge on any atom is -0.496 e. The van der Waals surface area contributed by atoms with Crippen molar-refractivity contribution in [3.8, 4) is 17.1 Å². The maximum absolute atomic E-state index is 14.0. The largest absolute Gasteiger partial charge is 0.496 e. The quantitative estimate of drug-likeness (QED) is 0.131. The van der Waals surface area contributed by atoms with E-state index in [0.29, 0.717) is 44.5 Å². The highest BCUT2D eigenvalue weighted by atomic mass is 32.1. The highest BCUT2D eigenvalue weighted by Gasteiger charge is 2.35. The van der Waals surface area contributed by atoms with Crippen LogP contribution in [-0.4, -0.2) is 29.2 Å². The number of nitro groups is 1. The monoisotopic (exact) mass is 625 g/mol. The number of furan rings is 1. The minimum atomic E-state index is -0.959. The number of halogens is 1. The van der Waals surface area contributed by atoms with Crippen molar-refractivity contribution in [1.82, 2.24) is 4.57 Å². The zero-order valence-corrected chi connectivity index (χ0v) is 24.7. The number of thiazole rings is 1. The standard InChI is InChI=1S/C33H24FN3O7S/c1-3-43-32(39)28-29(19-7-5-4-6-8-19)35-33-36(30(28)20-9-11-21(34)12-10-20)31(38)27(45-33)18-23-14-16-26(44-23)24-17-22(37(40)41)13-15-25(24)42-2/h4-18,30H,3H2,1-2H3/b27-18-. The summed E-state index contributed by atoms with van der Waals surface area (Å²) < 4.78 is 32.4. The molecule has 12 heteroatoms. The summed E-state index contributed by atoms with van der Waals surface area (Å²) >= 11 is 1.10. The molecule has 0 saturated heterocycles. The first-order valence-electron chi connectivity index (χ1n) is 13.8. The molecule has 3 aromatic carbocycles. The van der Waals surface area contributed by atoms with Gasteiger partial charge in [-0.15, -0.1) is 0 Å². The summed E-state index contributed by atoms with van der Waals surface area (Å²) in [5, 5.41) is 11.4. The van der Waals surface area contributed by atoms with Crippen LogP contribution in [0.3, 0.4) is 0 Å². The fourth-order valence-corrected chi connectivity index (χ4v) is 6.09. The molecule has 1 unspecified atom stereocenters.